The molecule has 0 radical (unpaired) electrons. The van der Waals surface area contributed by atoms with E-state index in [0.717, 1.165) is 0 Å². The maximum Gasteiger partial charge on any atom is 0.234 e. The first-order valence-electron chi connectivity index (χ1n) is 4.47. The zero-order chi connectivity index (χ0) is 10.4. The highest BCUT2D eigenvalue weighted by atomic mass is 16.2. The van der Waals surface area contributed by atoms with Crippen molar-refractivity contribution in [1.29, 1.82) is 0 Å². The van der Waals surface area contributed by atoms with E-state index in [1.807, 2.05) is 13.8 Å². The van der Waals surface area contributed by atoms with Crippen molar-refractivity contribution in [2.45, 2.75) is 33.2 Å². The average Bonchev–Trinajstić information content (AvgIpc) is 2.02. The average molecular weight is 186 g/mol. The first kappa shape index (κ1) is 12.1. The van der Waals surface area contributed by atoms with Crippen molar-refractivity contribution in [3.8, 4) is 0 Å². The Morgan fingerprint density at radius 2 is 1.92 bits per heavy atom. The molecule has 0 aliphatic heterocycles. The lowest BCUT2D eigenvalue weighted by Crippen LogP contribution is -2.43. The van der Waals surface area contributed by atoms with Gasteiger partial charge in [-0.25, -0.2) is 0 Å². The predicted octanol–water partition coefficient (Wildman–Crippen LogP) is 0.0650. The monoisotopic (exact) mass is 186 g/mol. The van der Waals surface area contributed by atoms with Crippen LogP contribution in [0.25, 0.3) is 0 Å². The van der Waals surface area contributed by atoms with Crippen molar-refractivity contribution in [1.82, 2.24) is 5.32 Å². The summed E-state index contributed by atoms with van der Waals surface area (Å²) in [6.45, 7) is 5.42. The Balaban J connectivity index is 4.10. The van der Waals surface area contributed by atoms with Crippen LogP contribution >= 0.6 is 0 Å². The topological polar surface area (TPSA) is 72.2 Å². The quantitative estimate of drug-likeness (QED) is 0.638. The van der Waals surface area contributed by atoms with E-state index in [9.17, 15) is 9.59 Å². The fourth-order valence-electron chi connectivity index (χ4n) is 1.05. The normalized spacial score (nSPS) is 12.7. The molecule has 0 fully saturated rings. The minimum absolute atomic E-state index is 0.0181. The highest BCUT2D eigenvalue weighted by molar-refractivity contribution is 5.88. The standard InChI is InChI=1S/C9H18N2O2/c1-6(2)4-8(7(3)12)11-9(13)5-10/h6,8H,4-5,10H2,1-3H3,(H,11,13). The lowest BCUT2D eigenvalue weighted by atomic mass is 10.0. The maximum absolute atomic E-state index is 11.1. The third-order valence-corrected chi connectivity index (χ3v) is 1.72. The smallest absolute Gasteiger partial charge is 0.234 e. The summed E-state index contributed by atoms with van der Waals surface area (Å²) in [4.78, 5) is 22.0. The van der Waals surface area contributed by atoms with Gasteiger partial charge in [-0.05, 0) is 19.3 Å². The Hall–Kier alpha value is -0.900. The molecule has 76 valence electrons. The molecule has 4 heteroatoms. The summed E-state index contributed by atoms with van der Waals surface area (Å²) in [5.74, 6) is 0.0864. The van der Waals surface area contributed by atoms with E-state index in [-0.39, 0.29) is 24.3 Å². The summed E-state index contributed by atoms with van der Waals surface area (Å²) < 4.78 is 0. The summed E-state index contributed by atoms with van der Waals surface area (Å²) in [5.41, 5.74) is 5.13. The van der Waals surface area contributed by atoms with E-state index >= 15 is 0 Å². The van der Waals surface area contributed by atoms with Gasteiger partial charge in [0, 0.05) is 0 Å². The van der Waals surface area contributed by atoms with Crippen LogP contribution in [0.5, 0.6) is 0 Å². The van der Waals surface area contributed by atoms with Crippen LogP contribution in [0.4, 0.5) is 0 Å². The third-order valence-electron chi connectivity index (χ3n) is 1.72. The van der Waals surface area contributed by atoms with Crippen LogP contribution in [0.15, 0.2) is 0 Å². The SMILES string of the molecule is CC(=O)C(CC(C)C)NC(=O)CN. The van der Waals surface area contributed by atoms with E-state index in [4.69, 9.17) is 5.73 Å². The molecular weight excluding hydrogens is 168 g/mol. The van der Waals surface area contributed by atoms with Crippen molar-refractivity contribution in [2.75, 3.05) is 6.54 Å². The number of carbonyl (C=O) groups excluding carboxylic acids is 2. The Morgan fingerprint density at radius 1 is 1.38 bits per heavy atom. The van der Waals surface area contributed by atoms with Crippen LogP contribution in [-0.2, 0) is 9.59 Å². The van der Waals surface area contributed by atoms with Gasteiger partial charge < -0.3 is 11.1 Å². The molecule has 0 aromatic carbocycles. The van der Waals surface area contributed by atoms with Crippen molar-refractivity contribution in [2.24, 2.45) is 11.7 Å². The number of Topliss-reactive ketones (excluding diaryl/α,β-unsaturated/α-hetero) is 1. The van der Waals surface area contributed by atoms with Crippen LogP contribution in [0, 0.1) is 5.92 Å². The Bertz CT molecular complexity index is 190. The number of amides is 1. The summed E-state index contributed by atoms with van der Waals surface area (Å²) in [6.07, 6.45) is 0.668. The zero-order valence-corrected chi connectivity index (χ0v) is 8.46. The lowest BCUT2D eigenvalue weighted by molar-refractivity contribution is -0.126. The van der Waals surface area contributed by atoms with Gasteiger partial charge >= 0.3 is 0 Å². The molecule has 0 aromatic heterocycles. The molecule has 1 atom stereocenters. The number of rotatable bonds is 5. The molecule has 0 spiro atoms. The van der Waals surface area contributed by atoms with E-state index < -0.39 is 0 Å². The molecular formula is C9H18N2O2. The molecule has 0 aliphatic rings. The second kappa shape index (κ2) is 5.70. The van der Waals surface area contributed by atoms with Crippen LogP contribution < -0.4 is 11.1 Å². The van der Waals surface area contributed by atoms with Gasteiger partial charge in [0.15, 0.2) is 5.78 Å². The highest BCUT2D eigenvalue weighted by Crippen LogP contribution is 2.05. The van der Waals surface area contributed by atoms with E-state index in [0.29, 0.717) is 12.3 Å². The van der Waals surface area contributed by atoms with Crippen molar-refractivity contribution in [3.05, 3.63) is 0 Å². The first-order valence-corrected chi connectivity index (χ1v) is 4.47. The number of nitrogens with two attached hydrogens (primary N) is 1. The van der Waals surface area contributed by atoms with Crippen molar-refractivity contribution < 1.29 is 9.59 Å². The van der Waals surface area contributed by atoms with Gasteiger partial charge in [-0.2, -0.15) is 0 Å². The summed E-state index contributed by atoms with van der Waals surface area (Å²) in [7, 11) is 0. The zero-order valence-electron chi connectivity index (χ0n) is 8.46. The minimum Gasteiger partial charge on any atom is -0.345 e. The Kier molecular flexibility index (Phi) is 5.30. The third kappa shape index (κ3) is 5.36. The number of nitrogens with one attached hydrogen (secondary N) is 1. The van der Waals surface area contributed by atoms with Gasteiger partial charge in [-0.15, -0.1) is 0 Å². The van der Waals surface area contributed by atoms with E-state index in [1.54, 1.807) is 0 Å². The summed E-state index contributed by atoms with van der Waals surface area (Å²) in [5, 5.41) is 2.58. The number of hydrogen-bond donors (Lipinski definition) is 2. The number of ketones is 1. The molecule has 0 rings (SSSR count). The van der Waals surface area contributed by atoms with Crippen LogP contribution in [0.2, 0.25) is 0 Å². The first-order chi connectivity index (χ1) is 5.97. The van der Waals surface area contributed by atoms with Gasteiger partial charge in [0.1, 0.15) is 0 Å². The molecule has 0 aromatic rings. The molecule has 13 heavy (non-hydrogen) atoms. The van der Waals surface area contributed by atoms with Gasteiger partial charge in [0.05, 0.1) is 12.6 Å². The molecule has 0 heterocycles. The second-order valence-electron chi connectivity index (χ2n) is 3.56. The fraction of sp³-hybridized carbons (Fsp3) is 0.778. The second-order valence-corrected chi connectivity index (χ2v) is 3.56. The van der Waals surface area contributed by atoms with E-state index in [1.165, 1.54) is 6.92 Å². The van der Waals surface area contributed by atoms with Crippen LogP contribution in [-0.4, -0.2) is 24.3 Å². The van der Waals surface area contributed by atoms with Crippen LogP contribution in [0.3, 0.4) is 0 Å². The fourth-order valence-corrected chi connectivity index (χ4v) is 1.05. The Morgan fingerprint density at radius 3 is 2.23 bits per heavy atom. The Labute approximate surface area is 78.9 Å². The largest absolute Gasteiger partial charge is 0.345 e. The van der Waals surface area contributed by atoms with Gasteiger partial charge in [-0.3, -0.25) is 9.59 Å². The molecule has 1 amide bonds. The molecule has 0 aliphatic carbocycles. The number of carbonyl (C=O) groups is 2. The molecule has 4 nitrogen and oxygen atoms in total. The molecule has 0 saturated heterocycles. The minimum atomic E-state index is -0.379. The lowest BCUT2D eigenvalue weighted by Gasteiger charge is -2.17. The van der Waals surface area contributed by atoms with Crippen molar-refractivity contribution in [3.63, 3.8) is 0 Å². The van der Waals surface area contributed by atoms with Crippen LogP contribution in [0.1, 0.15) is 27.2 Å². The molecule has 0 saturated carbocycles. The number of hydrogen-bond acceptors (Lipinski definition) is 3. The van der Waals surface area contributed by atoms with Crippen molar-refractivity contribution >= 4 is 11.7 Å². The van der Waals surface area contributed by atoms with Gasteiger partial charge in [0.25, 0.3) is 0 Å². The molecule has 0 bridgehead atoms. The summed E-state index contributed by atoms with van der Waals surface area (Å²) in [6, 6.07) is -0.379. The molecule has 1 unspecified atom stereocenters. The highest BCUT2D eigenvalue weighted by Gasteiger charge is 2.17. The summed E-state index contributed by atoms with van der Waals surface area (Å²) >= 11 is 0. The van der Waals surface area contributed by atoms with Gasteiger partial charge in [-0.1, -0.05) is 13.8 Å². The van der Waals surface area contributed by atoms with Gasteiger partial charge in [0.2, 0.25) is 5.91 Å². The molecule has 3 N–H and O–H groups in total. The van der Waals surface area contributed by atoms with E-state index in [2.05, 4.69) is 5.32 Å². The predicted molar refractivity (Wildman–Crippen MR) is 51.1 cm³/mol. The maximum atomic E-state index is 11.1.